The Kier molecular flexibility index (Phi) is 4.94. The lowest BCUT2D eigenvalue weighted by molar-refractivity contribution is -0.124. The van der Waals surface area contributed by atoms with Crippen LogP contribution >= 0.6 is 0 Å². The molecule has 1 saturated heterocycles. The van der Waals surface area contributed by atoms with Crippen LogP contribution in [0.3, 0.4) is 0 Å². The Hall–Kier alpha value is -2.66. The summed E-state index contributed by atoms with van der Waals surface area (Å²) in [6.07, 6.45) is 4.62. The van der Waals surface area contributed by atoms with Crippen LogP contribution in [0.4, 0.5) is 11.4 Å². The van der Waals surface area contributed by atoms with Crippen molar-refractivity contribution in [2.45, 2.75) is 45.1 Å². The van der Waals surface area contributed by atoms with Gasteiger partial charge in [-0.1, -0.05) is 12.1 Å². The summed E-state index contributed by atoms with van der Waals surface area (Å²) >= 11 is 0. The van der Waals surface area contributed by atoms with E-state index in [-0.39, 0.29) is 11.8 Å². The SMILES string of the molecule is Cc1ccc(C(=O)Nc2ccc3c(c2)CCC3)cc1NC(=O)C1CCCO1. The van der Waals surface area contributed by atoms with Crippen molar-refractivity contribution in [3.05, 3.63) is 58.7 Å². The Labute approximate surface area is 159 Å². The second-order valence-electron chi connectivity index (χ2n) is 7.31. The molecule has 0 saturated carbocycles. The van der Waals surface area contributed by atoms with Crippen molar-refractivity contribution in [1.82, 2.24) is 0 Å². The van der Waals surface area contributed by atoms with Gasteiger partial charge in [0.2, 0.25) is 0 Å². The number of ether oxygens (including phenoxy) is 1. The lowest BCUT2D eigenvalue weighted by Gasteiger charge is -2.14. The van der Waals surface area contributed by atoms with Crippen molar-refractivity contribution >= 4 is 23.2 Å². The summed E-state index contributed by atoms with van der Waals surface area (Å²) in [5, 5.41) is 5.87. The number of amides is 2. The summed E-state index contributed by atoms with van der Waals surface area (Å²) in [6, 6.07) is 11.5. The molecule has 1 fully saturated rings. The fraction of sp³-hybridized carbons (Fsp3) is 0.364. The van der Waals surface area contributed by atoms with Gasteiger partial charge in [-0.15, -0.1) is 0 Å². The Bertz CT molecular complexity index is 885. The van der Waals surface area contributed by atoms with Crippen LogP contribution in [0.1, 0.15) is 46.3 Å². The third-order valence-corrected chi connectivity index (χ3v) is 5.34. The number of fused-ring (bicyclic) bond motifs is 1. The number of carbonyl (C=O) groups is 2. The number of hydrogen-bond acceptors (Lipinski definition) is 3. The zero-order valence-corrected chi connectivity index (χ0v) is 15.5. The largest absolute Gasteiger partial charge is 0.368 e. The monoisotopic (exact) mass is 364 g/mol. The Morgan fingerprint density at radius 2 is 1.85 bits per heavy atom. The third-order valence-electron chi connectivity index (χ3n) is 5.34. The Balaban J connectivity index is 1.48. The van der Waals surface area contributed by atoms with E-state index in [4.69, 9.17) is 4.74 Å². The van der Waals surface area contributed by atoms with Crippen molar-refractivity contribution in [2.75, 3.05) is 17.2 Å². The molecule has 1 unspecified atom stereocenters. The van der Waals surface area contributed by atoms with Crippen LogP contribution in [-0.4, -0.2) is 24.5 Å². The minimum absolute atomic E-state index is 0.146. The number of aryl methyl sites for hydroxylation is 3. The van der Waals surface area contributed by atoms with Gasteiger partial charge in [0.05, 0.1) is 0 Å². The van der Waals surface area contributed by atoms with Crippen LogP contribution in [0.15, 0.2) is 36.4 Å². The van der Waals surface area contributed by atoms with Crippen LogP contribution < -0.4 is 10.6 Å². The van der Waals surface area contributed by atoms with Gasteiger partial charge >= 0.3 is 0 Å². The van der Waals surface area contributed by atoms with E-state index < -0.39 is 6.10 Å². The number of nitrogens with one attached hydrogen (secondary N) is 2. The molecule has 5 heteroatoms. The van der Waals surface area contributed by atoms with Gasteiger partial charge in [0, 0.05) is 23.5 Å². The molecular formula is C22H24N2O3. The molecule has 0 radical (unpaired) electrons. The van der Waals surface area contributed by atoms with Gasteiger partial charge in [-0.25, -0.2) is 0 Å². The maximum absolute atomic E-state index is 12.7. The molecule has 1 aliphatic carbocycles. The zero-order chi connectivity index (χ0) is 18.8. The van der Waals surface area contributed by atoms with E-state index in [0.29, 0.717) is 17.9 Å². The van der Waals surface area contributed by atoms with E-state index >= 15 is 0 Å². The van der Waals surface area contributed by atoms with Crippen LogP contribution in [-0.2, 0) is 22.4 Å². The number of carbonyl (C=O) groups excluding carboxylic acids is 2. The van der Waals surface area contributed by atoms with Crippen molar-refractivity contribution < 1.29 is 14.3 Å². The van der Waals surface area contributed by atoms with Crippen molar-refractivity contribution in [3.8, 4) is 0 Å². The third kappa shape index (κ3) is 3.88. The van der Waals surface area contributed by atoms with Gasteiger partial charge in [-0.2, -0.15) is 0 Å². The van der Waals surface area contributed by atoms with Crippen molar-refractivity contribution in [1.29, 1.82) is 0 Å². The average molecular weight is 364 g/mol. The Morgan fingerprint density at radius 3 is 2.67 bits per heavy atom. The fourth-order valence-corrected chi connectivity index (χ4v) is 3.75. The topological polar surface area (TPSA) is 67.4 Å². The van der Waals surface area contributed by atoms with E-state index in [1.165, 1.54) is 17.5 Å². The van der Waals surface area contributed by atoms with Crippen molar-refractivity contribution in [2.24, 2.45) is 0 Å². The van der Waals surface area contributed by atoms with Crippen LogP contribution in [0.2, 0.25) is 0 Å². The smallest absolute Gasteiger partial charge is 0.255 e. The molecule has 140 valence electrons. The van der Waals surface area contributed by atoms with Gasteiger partial charge < -0.3 is 15.4 Å². The summed E-state index contributed by atoms with van der Waals surface area (Å²) in [6.45, 7) is 2.54. The molecule has 1 heterocycles. The molecule has 5 nitrogen and oxygen atoms in total. The minimum atomic E-state index is -0.395. The van der Waals surface area contributed by atoms with Gasteiger partial charge in [-0.3, -0.25) is 9.59 Å². The standard InChI is InChI=1S/C22H24N2O3/c1-14-7-8-17(13-19(14)24-22(26)20-6-3-11-27-20)21(25)23-18-10-9-15-4-2-5-16(15)12-18/h7-10,12-13,20H,2-6,11H2,1H3,(H,23,25)(H,24,26). The molecule has 2 aromatic rings. The second-order valence-corrected chi connectivity index (χ2v) is 7.31. The molecule has 2 N–H and O–H groups in total. The molecule has 1 aliphatic heterocycles. The van der Waals surface area contributed by atoms with E-state index in [1.54, 1.807) is 12.1 Å². The van der Waals surface area contributed by atoms with Crippen LogP contribution in [0.5, 0.6) is 0 Å². The molecule has 0 bridgehead atoms. The molecule has 27 heavy (non-hydrogen) atoms. The lowest BCUT2D eigenvalue weighted by atomic mass is 10.1. The summed E-state index contributed by atoms with van der Waals surface area (Å²) in [7, 11) is 0. The van der Waals surface area contributed by atoms with Gasteiger partial charge in [0.15, 0.2) is 0 Å². The first-order valence-corrected chi connectivity index (χ1v) is 9.56. The highest BCUT2D eigenvalue weighted by atomic mass is 16.5. The van der Waals surface area contributed by atoms with E-state index in [2.05, 4.69) is 22.8 Å². The number of rotatable bonds is 4. The number of benzene rings is 2. The molecule has 4 rings (SSSR count). The summed E-state index contributed by atoms with van der Waals surface area (Å²) in [4.78, 5) is 25.0. The summed E-state index contributed by atoms with van der Waals surface area (Å²) in [5.74, 6) is -0.327. The highest BCUT2D eigenvalue weighted by Gasteiger charge is 2.24. The molecular weight excluding hydrogens is 340 g/mol. The summed E-state index contributed by atoms with van der Waals surface area (Å²) < 4.78 is 5.43. The zero-order valence-electron chi connectivity index (χ0n) is 15.5. The molecule has 0 spiro atoms. The quantitative estimate of drug-likeness (QED) is 0.866. The van der Waals surface area contributed by atoms with Gasteiger partial charge in [-0.05, 0) is 80.0 Å². The number of hydrogen-bond donors (Lipinski definition) is 2. The van der Waals surface area contributed by atoms with Gasteiger partial charge in [0.25, 0.3) is 11.8 Å². The van der Waals surface area contributed by atoms with E-state index in [9.17, 15) is 9.59 Å². The fourth-order valence-electron chi connectivity index (χ4n) is 3.75. The predicted octanol–water partition coefficient (Wildman–Crippen LogP) is 3.85. The van der Waals surface area contributed by atoms with Gasteiger partial charge in [0.1, 0.15) is 6.10 Å². The number of anilines is 2. The maximum Gasteiger partial charge on any atom is 0.255 e. The maximum atomic E-state index is 12.7. The van der Waals surface area contributed by atoms with Crippen LogP contribution in [0.25, 0.3) is 0 Å². The first kappa shape index (κ1) is 17.7. The lowest BCUT2D eigenvalue weighted by Crippen LogP contribution is -2.27. The highest BCUT2D eigenvalue weighted by Crippen LogP contribution is 2.26. The second kappa shape index (κ2) is 7.53. The molecule has 0 aromatic heterocycles. The first-order valence-electron chi connectivity index (χ1n) is 9.56. The molecule has 1 atom stereocenters. The minimum Gasteiger partial charge on any atom is -0.368 e. The predicted molar refractivity (Wildman–Crippen MR) is 105 cm³/mol. The van der Waals surface area contributed by atoms with Crippen molar-refractivity contribution in [3.63, 3.8) is 0 Å². The van der Waals surface area contributed by atoms with E-state index in [1.807, 2.05) is 19.1 Å². The normalized spacial score (nSPS) is 18.2. The average Bonchev–Trinajstić information content (AvgIpc) is 3.34. The highest BCUT2D eigenvalue weighted by molar-refractivity contribution is 6.05. The Morgan fingerprint density at radius 1 is 1.00 bits per heavy atom. The molecule has 2 aromatic carbocycles. The first-order chi connectivity index (χ1) is 13.1. The summed E-state index contributed by atoms with van der Waals surface area (Å²) in [5.41, 5.74) is 5.59. The molecule has 2 amide bonds. The van der Waals surface area contributed by atoms with E-state index in [0.717, 1.165) is 36.9 Å². The molecule has 2 aliphatic rings. The van der Waals surface area contributed by atoms with Crippen LogP contribution in [0, 0.1) is 6.92 Å².